The summed E-state index contributed by atoms with van der Waals surface area (Å²) in [5.41, 5.74) is 0.717. The molecule has 3 heteroatoms. The van der Waals surface area contributed by atoms with E-state index in [1.54, 1.807) is 12.1 Å². The molecule has 0 saturated heterocycles. The molecule has 0 saturated carbocycles. The monoisotopic (exact) mass is 257 g/mol. The number of nitrogens with one attached hydrogen (secondary N) is 1. The lowest BCUT2D eigenvalue weighted by atomic mass is 9.89. The highest BCUT2D eigenvalue weighted by Gasteiger charge is 2.15. The van der Waals surface area contributed by atoms with Crippen LogP contribution >= 0.6 is 11.6 Å². The number of hydrogen-bond acceptors (Lipinski definition) is 1. The molecule has 17 heavy (non-hydrogen) atoms. The van der Waals surface area contributed by atoms with E-state index in [1.807, 2.05) is 0 Å². The van der Waals surface area contributed by atoms with Crippen molar-refractivity contribution in [2.24, 2.45) is 11.8 Å². The summed E-state index contributed by atoms with van der Waals surface area (Å²) < 4.78 is 13.6. The van der Waals surface area contributed by atoms with E-state index >= 15 is 0 Å². The van der Waals surface area contributed by atoms with Crippen LogP contribution in [0.25, 0.3) is 0 Å². The van der Waals surface area contributed by atoms with Gasteiger partial charge in [0.15, 0.2) is 0 Å². The van der Waals surface area contributed by atoms with Gasteiger partial charge in [-0.1, -0.05) is 32.4 Å². The van der Waals surface area contributed by atoms with E-state index < -0.39 is 0 Å². The maximum atomic E-state index is 13.6. The second-order valence-corrected chi connectivity index (χ2v) is 5.19. The van der Waals surface area contributed by atoms with Crippen LogP contribution in [0, 0.1) is 17.7 Å². The fourth-order valence-corrected chi connectivity index (χ4v) is 2.05. The van der Waals surface area contributed by atoms with Gasteiger partial charge < -0.3 is 5.32 Å². The molecular formula is C14H21ClFN. The molecule has 0 aliphatic heterocycles. The van der Waals surface area contributed by atoms with E-state index in [0.717, 1.165) is 19.5 Å². The maximum absolute atomic E-state index is 13.6. The molecule has 1 aromatic carbocycles. The minimum Gasteiger partial charge on any atom is -0.317 e. The quantitative estimate of drug-likeness (QED) is 0.815. The Balaban J connectivity index is 2.74. The van der Waals surface area contributed by atoms with Gasteiger partial charge in [-0.15, -0.1) is 0 Å². The molecule has 0 aliphatic rings. The SMILES string of the molecule is CCNCC(Cc1cc(Cl)ccc1F)C(C)C. The molecule has 0 radical (unpaired) electrons. The van der Waals surface area contributed by atoms with Crippen molar-refractivity contribution in [1.82, 2.24) is 5.32 Å². The summed E-state index contributed by atoms with van der Waals surface area (Å²) in [4.78, 5) is 0. The fourth-order valence-electron chi connectivity index (χ4n) is 1.86. The third kappa shape index (κ3) is 4.64. The Bertz CT molecular complexity index is 352. The van der Waals surface area contributed by atoms with E-state index in [0.29, 0.717) is 22.4 Å². The van der Waals surface area contributed by atoms with Gasteiger partial charge in [0.05, 0.1) is 0 Å². The van der Waals surface area contributed by atoms with Gasteiger partial charge in [0, 0.05) is 5.02 Å². The second kappa shape index (κ2) is 6.97. The molecule has 0 spiro atoms. The molecule has 1 unspecified atom stereocenters. The van der Waals surface area contributed by atoms with Crippen molar-refractivity contribution >= 4 is 11.6 Å². The van der Waals surface area contributed by atoms with Crippen molar-refractivity contribution < 1.29 is 4.39 Å². The highest BCUT2D eigenvalue weighted by molar-refractivity contribution is 6.30. The van der Waals surface area contributed by atoms with Crippen LogP contribution in [0.5, 0.6) is 0 Å². The molecule has 0 amide bonds. The number of rotatable bonds is 6. The predicted octanol–water partition coefficient (Wildman–Crippen LogP) is 3.90. The minimum absolute atomic E-state index is 0.156. The summed E-state index contributed by atoms with van der Waals surface area (Å²) in [6.45, 7) is 8.29. The van der Waals surface area contributed by atoms with Crippen LogP contribution in [-0.2, 0) is 6.42 Å². The molecule has 0 heterocycles. The standard InChI is InChI=1S/C14H21ClFN/c1-4-17-9-12(10(2)3)7-11-8-13(15)5-6-14(11)16/h5-6,8,10,12,17H,4,7,9H2,1-3H3. The molecule has 1 rings (SSSR count). The molecule has 1 nitrogen and oxygen atoms in total. The Labute approximate surface area is 108 Å². The van der Waals surface area contributed by atoms with Crippen LogP contribution in [0.2, 0.25) is 5.02 Å². The van der Waals surface area contributed by atoms with Crippen LogP contribution in [0.4, 0.5) is 4.39 Å². The Hall–Kier alpha value is -0.600. The smallest absolute Gasteiger partial charge is 0.126 e. The van der Waals surface area contributed by atoms with E-state index in [2.05, 4.69) is 26.1 Å². The van der Waals surface area contributed by atoms with Crippen molar-refractivity contribution in [2.75, 3.05) is 13.1 Å². The van der Waals surface area contributed by atoms with E-state index in [4.69, 9.17) is 11.6 Å². The first-order chi connectivity index (χ1) is 8.04. The van der Waals surface area contributed by atoms with Crippen molar-refractivity contribution in [3.8, 4) is 0 Å². The van der Waals surface area contributed by atoms with Crippen molar-refractivity contribution in [2.45, 2.75) is 27.2 Å². The van der Waals surface area contributed by atoms with Gasteiger partial charge in [0.25, 0.3) is 0 Å². The van der Waals surface area contributed by atoms with Gasteiger partial charge in [0.2, 0.25) is 0 Å². The highest BCUT2D eigenvalue weighted by atomic mass is 35.5. The summed E-state index contributed by atoms with van der Waals surface area (Å²) >= 11 is 5.90. The van der Waals surface area contributed by atoms with E-state index in [9.17, 15) is 4.39 Å². The fraction of sp³-hybridized carbons (Fsp3) is 0.571. The largest absolute Gasteiger partial charge is 0.317 e. The van der Waals surface area contributed by atoms with Crippen LogP contribution in [0.15, 0.2) is 18.2 Å². The summed E-state index contributed by atoms with van der Waals surface area (Å²) in [5, 5.41) is 3.93. The first-order valence-corrected chi connectivity index (χ1v) is 6.57. The Morgan fingerprint density at radius 2 is 2.06 bits per heavy atom. The average molecular weight is 258 g/mol. The van der Waals surface area contributed by atoms with Crippen LogP contribution in [0.3, 0.4) is 0 Å². The van der Waals surface area contributed by atoms with Crippen molar-refractivity contribution in [3.63, 3.8) is 0 Å². The highest BCUT2D eigenvalue weighted by Crippen LogP contribution is 2.21. The van der Waals surface area contributed by atoms with Crippen LogP contribution in [-0.4, -0.2) is 13.1 Å². The van der Waals surface area contributed by atoms with Crippen LogP contribution < -0.4 is 5.32 Å². The molecular weight excluding hydrogens is 237 g/mol. The number of benzene rings is 1. The Morgan fingerprint density at radius 3 is 2.65 bits per heavy atom. The van der Waals surface area contributed by atoms with Gasteiger partial charge in [-0.25, -0.2) is 4.39 Å². The molecule has 0 bridgehead atoms. The molecule has 1 N–H and O–H groups in total. The molecule has 0 fully saturated rings. The van der Waals surface area contributed by atoms with Gasteiger partial charge in [-0.05, 0) is 55.1 Å². The summed E-state index contributed by atoms with van der Waals surface area (Å²) in [5.74, 6) is 0.798. The van der Waals surface area contributed by atoms with E-state index in [1.165, 1.54) is 6.07 Å². The lowest BCUT2D eigenvalue weighted by Crippen LogP contribution is -2.27. The molecule has 1 aromatic rings. The molecule has 0 aliphatic carbocycles. The van der Waals surface area contributed by atoms with Gasteiger partial charge in [0.1, 0.15) is 5.82 Å². The summed E-state index contributed by atoms with van der Waals surface area (Å²) in [6.07, 6.45) is 0.733. The van der Waals surface area contributed by atoms with Crippen molar-refractivity contribution in [1.29, 1.82) is 0 Å². The minimum atomic E-state index is -0.156. The zero-order valence-electron chi connectivity index (χ0n) is 10.8. The van der Waals surface area contributed by atoms with E-state index in [-0.39, 0.29) is 5.82 Å². The molecule has 0 aromatic heterocycles. The summed E-state index contributed by atoms with van der Waals surface area (Å²) in [6, 6.07) is 4.77. The van der Waals surface area contributed by atoms with Crippen molar-refractivity contribution in [3.05, 3.63) is 34.6 Å². The molecule has 1 atom stereocenters. The normalized spacial score (nSPS) is 13.1. The zero-order valence-corrected chi connectivity index (χ0v) is 11.5. The predicted molar refractivity (Wildman–Crippen MR) is 72.0 cm³/mol. The number of halogens is 2. The zero-order chi connectivity index (χ0) is 12.8. The third-order valence-corrected chi connectivity index (χ3v) is 3.32. The molecule has 96 valence electrons. The summed E-state index contributed by atoms with van der Waals surface area (Å²) in [7, 11) is 0. The third-order valence-electron chi connectivity index (χ3n) is 3.09. The lowest BCUT2D eigenvalue weighted by molar-refractivity contribution is 0.359. The first-order valence-electron chi connectivity index (χ1n) is 6.19. The van der Waals surface area contributed by atoms with Gasteiger partial charge >= 0.3 is 0 Å². The number of hydrogen-bond donors (Lipinski definition) is 1. The second-order valence-electron chi connectivity index (χ2n) is 4.75. The topological polar surface area (TPSA) is 12.0 Å². The Morgan fingerprint density at radius 1 is 1.35 bits per heavy atom. The lowest BCUT2D eigenvalue weighted by Gasteiger charge is -2.21. The van der Waals surface area contributed by atoms with Crippen LogP contribution in [0.1, 0.15) is 26.3 Å². The average Bonchev–Trinajstić information content (AvgIpc) is 2.28. The Kier molecular flexibility index (Phi) is 5.93. The van der Waals surface area contributed by atoms with Gasteiger partial charge in [-0.3, -0.25) is 0 Å². The first kappa shape index (κ1) is 14.5. The van der Waals surface area contributed by atoms with Gasteiger partial charge in [-0.2, -0.15) is 0 Å². The maximum Gasteiger partial charge on any atom is 0.126 e.